The molecule has 0 amide bonds. The van der Waals surface area contributed by atoms with Gasteiger partial charge >= 0.3 is 0 Å². The van der Waals surface area contributed by atoms with E-state index in [0.29, 0.717) is 0 Å². The molecule has 0 rings (SSSR count). The number of rotatable bonds is 10. The average molecular weight is 308 g/mol. The lowest BCUT2D eigenvalue weighted by Gasteiger charge is -2.38. The molecule has 2 unspecified atom stereocenters. The van der Waals surface area contributed by atoms with Gasteiger partial charge in [0.25, 0.3) is 0 Å². The number of nitrogens with zero attached hydrogens (tertiary/aromatic N) is 1. The largest absolute Gasteiger partial charge is 0.389 e. The van der Waals surface area contributed by atoms with Crippen LogP contribution in [0.15, 0.2) is 0 Å². The van der Waals surface area contributed by atoms with Crippen molar-refractivity contribution in [2.75, 3.05) is 13.1 Å². The lowest BCUT2D eigenvalue weighted by Crippen LogP contribution is -2.44. The van der Waals surface area contributed by atoms with Gasteiger partial charge in [-0.05, 0) is 31.8 Å². The number of ether oxygens (including phenoxy) is 1. The topological polar surface area (TPSA) is 38.8 Å². The summed E-state index contributed by atoms with van der Waals surface area (Å²) in [6.45, 7) is 13.8. The molecule has 0 spiro atoms. The van der Waals surface area contributed by atoms with Gasteiger partial charge in [0.05, 0.1) is 0 Å². The van der Waals surface area contributed by atoms with Crippen LogP contribution in [0.4, 0.5) is 0 Å². The van der Waals surface area contributed by atoms with E-state index >= 15 is 0 Å². The third-order valence-electron chi connectivity index (χ3n) is 2.90. The van der Waals surface area contributed by atoms with Crippen molar-refractivity contribution in [1.82, 2.24) is 4.90 Å². The molecule has 0 bridgehead atoms. The maximum absolute atomic E-state index is 11.5. The molecular weight excluding hydrogens is 278 g/mol. The zero-order chi connectivity index (χ0) is 14.9. The number of hydrogen-bond donors (Lipinski definition) is 0. The Bertz CT molecular complexity index is 256. The van der Waals surface area contributed by atoms with Crippen LogP contribution < -0.4 is 0 Å². The van der Waals surface area contributed by atoms with E-state index in [-0.39, 0.29) is 11.3 Å². The normalized spacial score (nSPS) is 17.0. The van der Waals surface area contributed by atoms with Gasteiger partial charge in [0.15, 0.2) is 14.9 Å². The van der Waals surface area contributed by atoms with Crippen LogP contribution in [0.25, 0.3) is 0 Å². The molecule has 0 aromatic rings. The van der Waals surface area contributed by atoms with Crippen molar-refractivity contribution in [3.63, 3.8) is 0 Å². The average Bonchev–Trinajstić information content (AvgIpc) is 2.29. The van der Waals surface area contributed by atoms with Crippen LogP contribution in [-0.2, 0) is 14.0 Å². The minimum atomic E-state index is -0.788. The smallest absolute Gasteiger partial charge is 0.217 e. The van der Waals surface area contributed by atoms with Gasteiger partial charge in [-0.1, -0.05) is 33.7 Å². The molecule has 0 radical (unpaired) electrons. The van der Waals surface area contributed by atoms with Crippen molar-refractivity contribution in [2.45, 2.75) is 65.4 Å². The number of thioether (sulfide) groups is 1. The van der Waals surface area contributed by atoms with Crippen molar-refractivity contribution in [1.29, 1.82) is 0 Å². The van der Waals surface area contributed by atoms with Gasteiger partial charge < -0.3 is 9.16 Å². The highest BCUT2D eigenvalue weighted by Crippen LogP contribution is 2.35. The van der Waals surface area contributed by atoms with Crippen LogP contribution in [-0.4, -0.2) is 44.2 Å². The summed E-state index contributed by atoms with van der Waals surface area (Å²) >= 11 is 1.19. The first kappa shape index (κ1) is 19.1. The molecule has 0 aromatic heterocycles. The summed E-state index contributed by atoms with van der Waals surface area (Å²) in [5.41, 5.74) is 0. The molecule has 4 nitrogen and oxygen atoms in total. The maximum atomic E-state index is 11.5. The SMILES string of the molecule is CCCC(O[SiH2]C)(OC(C)N(CC)CC)SC(C)=O. The summed E-state index contributed by atoms with van der Waals surface area (Å²) in [6.07, 6.45) is 1.62. The van der Waals surface area contributed by atoms with Gasteiger partial charge in [0, 0.05) is 13.3 Å². The summed E-state index contributed by atoms with van der Waals surface area (Å²) in [7, 11) is -0.650. The molecular formula is C13H29NO3SSi. The fraction of sp³-hybridized carbons (Fsp3) is 0.923. The molecule has 0 heterocycles. The van der Waals surface area contributed by atoms with E-state index in [4.69, 9.17) is 9.16 Å². The van der Waals surface area contributed by atoms with E-state index in [1.165, 1.54) is 11.8 Å². The Morgan fingerprint density at radius 3 is 2.32 bits per heavy atom. The van der Waals surface area contributed by atoms with E-state index < -0.39 is 14.9 Å². The molecule has 0 N–H and O–H groups in total. The van der Waals surface area contributed by atoms with E-state index in [2.05, 4.69) is 32.2 Å². The summed E-state index contributed by atoms with van der Waals surface area (Å²) in [5.74, 6) is 0. The lowest BCUT2D eigenvalue weighted by atomic mass is 10.3. The fourth-order valence-corrected chi connectivity index (χ4v) is 4.26. The molecule has 6 heteroatoms. The molecule has 0 fully saturated rings. The van der Waals surface area contributed by atoms with Crippen molar-refractivity contribution in [3.05, 3.63) is 0 Å². The molecule has 114 valence electrons. The van der Waals surface area contributed by atoms with E-state index in [9.17, 15) is 4.79 Å². The second-order valence-electron chi connectivity index (χ2n) is 4.40. The van der Waals surface area contributed by atoms with Gasteiger partial charge in [-0.15, -0.1) is 0 Å². The number of hydrogen-bond acceptors (Lipinski definition) is 5. The van der Waals surface area contributed by atoms with Crippen molar-refractivity contribution in [3.8, 4) is 0 Å². The molecule has 0 aliphatic rings. The van der Waals surface area contributed by atoms with Gasteiger partial charge in [-0.25, -0.2) is 0 Å². The standard InChI is InChI=1S/C13H29NO3SSi/c1-7-10-13(17-19-6,18-12(5)15)16-11(4)14(8-2)9-3/h11H,7-10,19H2,1-6H3. The highest BCUT2D eigenvalue weighted by molar-refractivity contribution is 8.14. The Kier molecular flexibility index (Phi) is 9.99. The van der Waals surface area contributed by atoms with Crippen LogP contribution in [0, 0.1) is 0 Å². The predicted octanol–water partition coefficient (Wildman–Crippen LogP) is 2.57. The van der Waals surface area contributed by atoms with E-state index in [0.717, 1.165) is 25.9 Å². The summed E-state index contributed by atoms with van der Waals surface area (Å²) in [6, 6.07) is 0. The fourth-order valence-electron chi connectivity index (χ4n) is 2.09. The molecule has 0 aliphatic carbocycles. The molecule has 19 heavy (non-hydrogen) atoms. The zero-order valence-electron chi connectivity index (χ0n) is 13.2. The third kappa shape index (κ3) is 6.90. The molecule has 0 aliphatic heterocycles. The minimum absolute atomic E-state index is 0.0441. The maximum Gasteiger partial charge on any atom is 0.217 e. The molecule has 2 atom stereocenters. The first-order valence-corrected chi connectivity index (χ1v) is 10.0. The molecule has 0 aromatic carbocycles. The van der Waals surface area contributed by atoms with Gasteiger partial charge in [0.1, 0.15) is 6.23 Å². The highest BCUT2D eigenvalue weighted by Gasteiger charge is 2.36. The second-order valence-corrected chi connectivity index (χ2v) is 6.67. The van der Waals surface area contributed by atoms with Gasteiger partial charge in [-0.3, -0.25) is 9.69 Å². The van der Waals surface area contributed by atoms with Crippen molar-refractivity contribution < 1.29 is 14.0 Å². The van der Waals surface area contributed by atoms with Crippen molar-refractivity contribution >= 4 is 26.6 Å². The first-order chi connectivity index (χ1) is 8.94. The predicted molar refractivity (Wildman–Crippen MR) is 84.9 cm³/mol. The Hall–Kier alpha value is 0.117. The molecule has 0 saturated heterocycles. The Morgan fingerprint density at radius 2 is 1.95 bits per heavy atom. The zero-order valence-corrected chi connectivity index (χ0v) is 15.4. The highest BCUT2D eigenvalue weighted by atomic mass is 32.2. The van der Waals surface area contributed by atoms with Crippen LogP contribution in [0.2, 0.25) is 6.55 Å². The third-order valence-corrected chi connectivity index (χ3v) is 4.88. The number of carbonyl (C=O) groups excluding carboxylic acids is 1. The van der Waals surface area contributed by atoms with E-state index in [1.54, 1.807) is 6.92 Å². The van der Waals surface area contributed by atoms with Crippen molar-refractivity contribution in [2.24, 2.45) is 0 Å². The van der Waals surface area contributed by atoms with Gasteiger partial charge in [0.2, 0.25) is 5.12 Å². The summed E-state index contributed by atoms with van der Waals surface area (Å²) in [4.78, 5) is 13.7. The minimum Gasteiger partial charge on any atom is -0.389 e. The summed E-state index contributed by atoms with van der Waals surface area (Å²) < 4.78 is 12.1. The lowest BCUT2D eigenvalue weighted by molar-refractivity contribution is -0.187. The molecule has 0 saturated carbocycles. The van der Waals surface area contributed by atoms with E-state index in [1.807, 2.05) is 6.92 Å². The Balaban J connectivity index is 4.92. The second kappa shape index (κ2) is 9.93. The Morgan fingerprint density at radius 1 is 1.37 bits per heavy atom. The number of carbonyl (C=O) groups is 1. The van der Waals surface area contributed by atoms with Crippen LogP contribution in [0.3, 0.4) is 0 Å². The van der Waals surface area contributed by atoms with Crippen LogP contribution in [0.5, 0.6) is 0 Å². The van der Waals surface area contributed by atoms with Crippen LogP contribution in [0.1, 0.15) is 47.5 Å². The summed E-state index contributed by atoms with van der Waals surface area (Å²) in [5, 5.41) is -0.744. The van der Waals surface area contributed by atoms with Crippen LogP contribution >= 0.6 is 11.8 Å². The van der Waals surface area contributed by atoms with Gasteiger partial charge in [-0.2, -0.15) is 0 Å². The Labute approximate surface area is 124 Å². The quantitative estimate of drug-likeness (QED) is 0.458. The monoisotopic (exact) mass is 307 g/mol. The first-order valence-electron chi connectivity index (χ1n) is 7.19.